The predicted molar refractivity (Wildman–Crippen MR) is 109 cm³/mol. The van der Waals surface area contributed by atoms with Gasteiger partial charge in [-0.25, -0.2) is 4.90 Å². The van der Waals surface area contributed by atoms with Crippen LogP contribution in [0.1, 0.15) is 36.1 Å². The van der Waals surface area contributed by atoms with Crippen molar-refractivity contribution in [3.05, 3.63) is 69.6 Å². The van der Waals surface area contributed by atoms with Crippen LogP contribution in [0.4, 0.5) is 5.69 Å². The number of benzene rings is 2. The van der Waals surface area contributed by atoms with E-state index in [1.54, 1.807) is 0 Å². The summed E-state index contributed by atoms with van der Waals surface area (Å²) < 4.78 is 0. The quantitative estimate of drug-likeness (QED) is 0.713. The summed E-state index contributed by atoms with van der Waals surface area (Å²) in [5.41, 5.74) is 5.24. The number of hydrogen-bond acceptors (Lipinski definition) is 3. The molecular weight excluding hydrogens is 342 g/mol. The Kier molecular flexibility index (Phi) is 5.05. The van der Waals surface area contributed by atoms with Gasteiger partial charge in [0.1, 0.15) is 0 Å². The lowest BCUT2D eigenvalue weighted by Gasteiger charge is -2.16. The van der Waals surface area contributed by atoms with Crippen LogP contribution in [-0.4, -0.2) is 17.1 Å². The minimum absolute atomic E-state index is 0.209. The number of anilines is 1. The highest BCUT2D eigenvalue weighted by Gasteiger charge is 2.40. The minimum atomic E-state index is -0.244. The first-order chi connectivity index (χ1) is 12.3. The van der Waals surface area contributed by atoms with Crippen molar-refractivity contribution < 1.29 is 9.59 Å². The summed E-state index contributed by atoms with van der Waals surface area (Å²) in [6.45, 7) is 10.1. The van der Waals surface area contributed by atoms with Gasteiger partial charge in [0, 0.05) is 5.25 Å². The fourth-order valence-corrected chi connectivity index (χ4v) is 3.99. The Morgan fingerprint density at radius 1 is 0.885 bits per heavy atom. The lowest BCUT2D eigenvalue weighted by Crippen LogP contribution is -2.31. The number of thioether (sulfide) groups is 1. The van der Waals surface area contributed by atoms with E-state index in [1.165, 1.54) is 22.2 Å². The summed E-state index contributed by atoms with van der Waals surface area (Å²) in [5.74, 6) is -0.473. The van der Waals surface area contributed by atoms with E-state index in [4.69, 9.17) is 0 Å². The number of rotatable bonds is 4. The number of hydrogen-bond donors (Lipinski definition) is 0. The van der Waals surface area contributed by atoms with E-state index in [2.05, 4.69) is 0 Å². The molecule has 3 nitrogen and oxygen atoms in total. The van der Waals surface area contributed by atoms with E-state index in [9.17, 15) is 9.59 Å². The van der Waals surface area contributed by atoms with Crippen molar-refractivity contribution in [3.63, 3.8) is 0 Å². The molecule has 0 spiro atoms. The maximum absolute atomic E-state index is 13.3. The van der Waals surface area contributed by atoms with Gasteiger partial charge in [-0.1, -0.05) is 44.2 Å². The molecule has 0 unspecified atom stereocenters. The largest absolute Gasteiger partial charge is 0.272 e. The van der Waals surface area contributed by atoms with Crippen molar-refractivity contribution in [2.45, 2.75) is 39.9 Å². The highest BCUT2D eigenvalue weighted by Crippen LogP contribution is 2.40. The zero-order chi connectivity index (χ0) is 19.0. The van der Waals surface area contributed by atoms with Crippen LogP contribution >= 0.6 is 11.8 Å². The van der Waals surface area contributed by atoms with Crippen LogP contribution in [0.2, 0.25) is 0 Å². The molecule has 2 aromatic rings. The van der Waals surface area contributed by atoms with Crippen molar-refractivity contribution in [2.75, 3.05) is 4.90 Å². The normalized spacial score (nSPS) is 14.8. The van der Waals surface area contributed by atoms with Crippen LogP contribution in [0.3, 0.4) is 0 Å². The molecule has 26 heavy (non-hydrogen) atoms. The van der Waals surface area contributed by atoms with Gasteiger partial charge in [-0.05, 0) is 55.2 Å². The molecule has 1 aliphatic rings. The van der Waals surface area contributed by atoms with Gasteiger partial charge in [-0.3, -0.25) is 9.59 Å². The number of amides is 2. The van der Waals surface area contributed by atoms with Crippen molar-refractivity contribution in [1.29, 1.82) is 0 Å². The monoisotopic (exact) mass is 365 g/mol. The standard InChI is InChI=1S/C22H23NO2S/c1-13(2)26-20-19(17-10-9-15(4)16(5)12-17)21(24)23(22(20)25)18-8-6-7-14(3)11-18/h6-13H,1-5H3. The first-order valence-corrected chi connectivity index (χ1v) is 9.61. The van der Waals surface area contributed by atoms with E-state index in [-0.39, 0.29) is 17.1 Å². The zero-order valence-corrected chi connectivity index (χ0v) is 16.6. The third-order valence-corrected chi connectivity index (χ3v) is 5.54. The number of aryl methyl sites for hydroxylation is 3. The molecule has 0 bridgehead atoms. The molecule has 2 aromatic carbocycles. The average Bonchev–Trinajstić information content (AvgIpc) is 2.80. The second-order valence-electron chi connectivity index (χ2n) is 6.95. The summed E-state index contributed by atoms with van der Waals surface area (Å²) in [6, 6.07) is 13.4. The van der Waals surface area contributed by atoms with Gasteiger partial charge in [0.25, 0.3) is 11.8 Å². The molecule has 4 heteroatoms. The predicted octanol–water partition coefficient (Wildman–Crippen LogP) is 5.04. The van der Waals surface area contributed by atoms with Crippen molar-refractivity contribution in [2.24, 2.45) is 0 Å². The first kappa shape index (κ1) is 18.5. The van der Waals surface area contributed by atoms with Gasteiger partial charge in [0.15, 0.2) is 0 Å². The Morgan fingerprint density at radius 2 is 1.62 bits per heavy atom. The molecule has 134 valence electrons. The number of nitrogens with zero attached hydrogens (tertiary/aromatic N) is 1. The van der Waals surface area contributed by atoms with Crippen LogP contribution in [0.25, 0.3) is 5.57 Å². The molecular formula is C22H23NO2S. The number of carbonyl (C=O) groups is 2. The molecule has 0 atom stereocenters. The van der Waals surface area contributed by atoms with E-state index in [1.807, 2.05) is 77.1 Å². The van der Waals surface area contributed by atoms with Crippen LogP contribution in [0, 0.1) is 20.8 Å². The summed E-state index contributed by atoms with van der Waals surface area (Å²) >= 11 is 1.46. The fourth-order valence-electron chi connectivity index (χ4n) is 3.01. The Hall–Kier alpha value is -2.33. The van der Waals surface area contributed by atoms with Gasteiger partial charge >= 0.3 is 0 Å². The van der Waals surface area contributed by atoms with Gasteiger partial charge in [0.05, 0.1) is 16.2 Å². The third kappa shape index (κ3) is 3.34. The molecule has 0 aromatic heterocycles. The Morgan fingerprint density at radius 3 is 2.23 bits per heavy atom. The lowest BCUT2D eigenvalue weighted by atomic mass is 10.0. The van der Waals surface area contributed by atoms with Crippen LogP contribution < -0.4 is 4.90 Å². The molecule has 1 heterocycles. The molecule has 0 saturated heterocycles. The highest BCUT2D eigenvalue weighted by atomic mass is 32.2. The van der Waals surface area contributed by atoms with Crippen LogP contribution in [0.15, 0.2) is 47.4 Å². The van der Waals surface area contributed by atoms with Crippen molar-refractivity contribution >= 4 is 34.8 Å². The van der Waals surface area contributed by atoms with Gasteiger partial charge in [-0.2, -0.15) is 0 Å². The SMILES string of the molecule is Cc1cccc(N2C(=O)C(SC(C)C)=C(c3ccc(C)c(C)c3)C2=O)c1. The summed E-state index contributed by atoms with van der Waals surface area (Å²) in [7, 11) is 0. The fraction of sp³-hybridized carbons (Fsp3) is 0.273. The maximum atomic E-state index is 13.3. The summed E-state index contributed by atoms with van der Waals surface area (Å²) in [5, 5.41) is 0.209. The van der Waals surface area contributed by atoms with Crippen molar-refractivity contribution in [3.8, 4) is 0 Å². The molecule has 0 saturated carbocycles. The molecule has 3 rings (SSSR count). The third-order valence-electron chi connectivity index (χ3n) is 4.45. The van der Waals surface area contributed by atoms with E-state index in [0.29, 0.717) is 16.2 Å². The molecule has 0 fully saturated rings. The Labute approximate surface area is 159 Å². The summed E-state index contributed by atoms with van der Waals surface area (Å²) in [6.07, 6.45) is 0. The zero-order valence-electron chi connectivity index (χ0n) is 15.8. The van der Waals surface area contributed by atoms with Gasteiger partial charge < -0.3 is 0 Å². The Balaban J connectivity index is 2.14. The molecule has 0 aliphatic carbocycles. The average molecular weight is 365 g/mol. The first-order valence-electron chi connectivity index (χ1n) is 8.73. The topological polar surface area (TPSA) is 37.4 Å². The van der Waals surface area contributed by atoms with Crippen LogP contribution in [-0.2, 0) is 9.59 Å². The minimum Gasteiger partial charge on any atom is -0.268 e. The molecule has 2 amide bonds. The number of carbonyl (C=O) groups excluding carboxylic acids is 2. The highest BCUT2D eigenvalue weighted by molar-refractivity contribution is 8.04. The van der Waals surface area contributed by atoms with Gasteiger partial charge in [0.2, 0.25) is 0 Å². The Bertz CT molecular complexity index is 927. The van der Waals surface area contributed by atoms with E-state index < -0.39 is 0 Å². The lowest BCUT2D eigenvalue weighted by molar-refractivity contribution is -0.119. The van der Waals surface area contributed by atoms with Gasteiger partial charge in [-0.15, -0.1) is 11.8 Å². The van der Waals surface area contributed by atoms with E-state index >= 15 is 0 Å². The molecule has 0 N–H and O–H groups in total. The second-order valence-corrected chi connectivity index (χ2v) is 8.54. The van der Waals surface area contributed by atoms with Crippen molar-refractivity contribution in [1.82, 2.24) is 0 Å². The smallest absolute Gasteiger partial charge is 0.268 e. The van der Waals surface area contributed by atoms with Crippen LogP contribution in [0.5, 0.6) is 0 Å². The molecule has 0 radical (unpaired) electrons. The second kappa shape index (κ2) is 7.12. The number of imide groups is 1. The maximum Gasteiger partial charge on any atom is 0.272 e. The van der Waals surface area contributed by atoms with E-state index in [0.717, 1.165) is 16.7 Å². The summed E-state index contributed by atoms with van der Waals surface area (Å²) in [4.78, 5) is 28.2. The molecule has 1 aliphatic heterocycles.